The standard InChI is InChI=1S/C37H41N3O4/c1-24-15-20-31(25(2)21-24)33(34(41)38-29-17-16-27-13-9-10-14-28(27)23-29)40(30-18-19-30)35(42)32(22-26-11-7-6-8-12-26)39-36(43)44-37(3,4)5/h6-17,20-21,23,30,32-33H,18-19,22H2,1-5H3,(H,38,41)(H,39,43). The molecule has 1 saturated carbocycles. The molecule has 7 nitrogen and oxygen atoms in total. The van der Waals surface area contributed by atoms with E-state index in [2.05, 4.69) is 10.6 Å². The zero-order chi connectivity index (χ0) is 31.4. The molecule has 2 unspecified atom stereocenters. The van der Waals surface area contributed by atoms with E-state index in [0.717, 1.165) is 45.9 Å². The molecule has 44 heavy (non-hydrogen) atoms. The number of hydrogen-bond donors (Lipinski definition) is 2. The van der Waals surface area contributed by atoms with Gasteiger partial charge in [0.25, 0.3) is 5.91 Å². The van der Waals surface area contributed by atoms with Gasteiger partial charge in [0.2, 0.25) is 5.91 Å². The Morgan fingerprint density at radius 3 is 2.20 bits per heavy atom. The Labute approximate surface area is 259 Å². The lowest BCUT2D eigenvalue weighted by molar-refractivity contribution is -0.141. The van der Waals surface area contributed by atoms with Crippen LogP contribution in [0.2, 0.25) is 0 Å². The first kappa shape index (κ1) is 30.8. The largest absolute Gasteiger partial charge is 0.444 e. The number of benzene rings is 4. The third kappa shape index (κ3) is 7.64. The summed E-state index contributed by atoms with van der Waals surface area (Å²) in [5, 5.41) is 8.03. The van der Waals surface area contributed by atoms with Crippen molar-refractivity contribution in [1.82, 2.24) is 10.2 Å². The van der Waals surface area contributed by atoms with Crippen molar-refractivity contribution < 1.29 is 19.1 Å². The highest BCUT2D eigenvalue weighted by atomic mass is 16.6. The second-order valence-corrected chi connectivity index (χ2v) is 12.7. The van der Waals surface area contributed by atoms with Gasteiger partial charge in [-0.1, -0.05) is 84.4 Å². The first-order chi connectivity index (χ1) is 21.0. The molecule has 5 rings (SSSR count). The molecule has 228 valence electrons. The van der Waals surface area contributed by atoms with Crippen LogP contribution in [0.25, 0.3) is 10.8 Å². The van der Waals surface area contributed by atoms with Gasteiger partial charge in [-0.25, -0.2) is 4.79 Å². The van der Waals surface area contributed by atoms with E-state index < -0.39 is 23.8 Å². The number of aryl methyl sites for hydroxylation is 2. The first-order valence-corrected chi connectivity index (χ1v) is 15.2. The average Bonchev–Trinajstić information content (AvgIpc) is 3.80. The Bertz CT molecular complexity index is 1660. The summed E-state index contributed by atoms with van der Waals surface area (Å²) < 4.78 is 5.55. The molecule has 1 fully saturated rings. The van der Waals surface area contributed by atoms with Crippen molar-refractivity contribution in [1.29, 1.82) is 0 Å². The topological polar surface area (TPSA) is 87.7 Å². The molecule has 1 aliphatic rings. The summed E-state index contributed by atoms with van der Waals surface area (Å²) in [5.74, 6) is -0.621. The molecular formula is C37H41N3O4. The molecule has 4 aromatic carbocycles. The number of hydrogen-bond acceptors (Lipinski definition) is 4. The van der Waals surface area contributed by atoms with Crippen LogP contribution in [0.3, 0.4) is 0 Å². The fraction of sp³-hybridized carbons (Fsp3) is 0.324. The van der Waals surface area contributed by atoms with Gasteiger partial charge in [0.15, 0.2) is 0 Å². The van der Waals surface area contributed by atoms with Crippen molar-refractivity contribution in [3.05, 3.63) is 113 Å². The molecule has 0 spiro atoms. The lowest BCUT2D eigenvalue weighted by atomic mass is 9.95. The highest BCUT2D eigenvalue weighted by Gasteiger charge is 2.44. The number of alkyl carbamates (subject to hydrolysis) is 1. The molecule has 0 saturated heterocycles. The van der Waals surface area contributed by atoms with Crippen LogP contribution in [0, 0.1) is 13.8 Å². The van der Waals surface area contributed by atoms with Crippen LogP contribution in [0.5, 0.6) is 0 Å². The molecule has 0 aliphatic heterocycles. The summed E-state index contributed by atoms with van der Waals surface area (Å²) in [6.07, 6.45) is 1.14. The summed E-state index contributed by atoms with van der Waals surface area (Å²) in [6, 6.07) is 27.3. The van der Waals surface area contributed by atoms with Crippen LogP contribution >= 0.6 is 0 Å². The zero-order valence-electron chi connectivity index (χ0n) is 26.1. The SMILES string of the molecule is Cc1ccc(C(C(=O)Nc2ccc3ccccc3c2)N(C(=O)C(Cc2ccccc2)NC(=O)OC(C)(C)C)C2CC2)c(C)c1. The van der Waals surface area contributed by atoms with E-state index in [-0.39, 0.29) is 24.3 Å². The van der Waals surface area contributed by atoms with Crippen molar-refractivity contribution in [3.8, 4) is 0 Å². The molecule has 3 amide bonds. The minimum Gasteiger partial charge on any atom is -0.444 e. The predicted octanol–water partition coefficient (Wildman–Crippen LogP) is 7.26. The summed E-state index contributed by atoms with van der Waals surface area (Å²) >= 11 is 0. The van der Waals surface area contributed by atoms with Crippen molar-refractivity contribution in [2.75, 3.05) is 5.32 Å². The Balaban J connectivity index is 1.53. The quantitative estimate of drug-likeness (QED) is 0.214. The second kappa shape index (κ2) is 12.9. The van der Waals surface area contributed by atoms with Crippen LogP contribution in [0.15, 0.2) is 91.0 Å². The van der Waals surface area contributed by atoms with E-state index in [4.69, 9.17) is 4.74 Å². The zero-order valence-corrected chi connectivity index (χ0v) is 26.1. The fourth-order valence-corrected chi connectivity index (χ4v) is 5.58. The number of nitrogens with zero attached hydrogens (tertiary/aromatic N) is 1. The minimum atomic E-state index is -0.936. The monoisotopic (exact) mass is 591 g/mol. The molecule has 1 aliphatic carbocycles. The van der Waals surface area contributed by atoms with Gasteiger partial charge in [0.1, 0.15) is 17.7 Å². The smallest absolute Gasteiger partial charge is 0.408 e. The highest BCUT2D eigenvalue weighted by molar-refractivity contribution is 6.01. The minimum absolute atomic E-state index is 0.130. The first-order valence-electron chi connectivity index (χ1n) is 15.2. The number of amides is 3. The number of carbonyl (C=O) groups excluding carboxylic acids is 3. The third-order valence-corrected chi connectivity index (χ3v) is 7.73. The summed E-state index contributed by atoms with van der Waals surface area (Å²) in [6.45, 7) is 9.32. The molecule has 0 radical (unpaired) electrons. The molecule has 0 bridgehead atoms. The van der Waals surface area contributed by atoms with Gasteiger partial charge in [-0.05, 0) is 87.1 Å². The van der Waals surface area contributed by atoms with E-state index in [0.29, 0.717) is 5.69 Å². The van der Waals surface area contributed by atoms with Crippen molar-refractivity contribution >= 4 is 34.4 Å². The molecule has 2 atom stereocenters. The summed E-state index contributed by atoms with van der Waals surface area (Å²) in [5.41, 5.74) is 3.55. The Hall–Kier alpha value is -4.65. The van der Waals surface area contributed by atoms with Gasteiger partial charge >= 0.3 is 6.09 Å². The fourth-order valence-electron chi connectivity index (χ4n) is 5.58. The number of ether oxygens (including phenoxy) is 1. The second-order valence-electron chi connectivity index (χ2n) is 12.7. The Kier molecular flexibility index (Phi) is 9.04. The van der Waals surface area contributed by atoms with Crippen molar-refractivity contribution in [3.63, 3.8) is 0 Å². The van der Waals surface area contributed by atoms with Crippen LogP contribution in [0.4, 0.5) is 10.5 Å². The van der Waals surface area contributed by atoms with E-state index in [9.17, 15) is 14.4 Å². The van der Waals surface area contributed by atoms with E-state index >= 15 is 0 Å². The lowest BCUT2D eigenvalue weighted by Crippen LogP contribution is -2.54. The Morgan fingerprint density at radius 2 is 1.55 bits per heavy atom. The van der Waals surface area contributed by atoms with Crippen molar-refractivity contribution in [2.45, 2.75) is 77.6 Å². The number of carbonyl (C=O) groups is 3. The van der Waals surface area contributed by atoms with Gasteiger partial charge in [-0.2, -0.15) is 0 Å². The van der Waals surface area contributed by atoms with Gasteiger partial charge < -0.3 is 20.3 Å². The van der Waals surface area contributed by atoms with Crippen LogP contribution in [-0.2, 0) is 20.7 Å². The highest BCUT2D eigenvalue weighted by Crippen LogP contribution is 2.37. The van der Waals surface area contributed by atoms with Gasteiger partial charge in [-0.3, -0.25) is 9.59 Å². The Morgan fingerprint density at radius 1 is 0.864 bits per heavy atom. The molecule has 7 heteroatoms. The number of nitrogens with one attached hydrogen (secondary N) is 2. The lowest BCUT2D eigenvalue weighted by Gasteiger charge is -2.35. The van der Waals surface area contributed by atoms with Gasteiger partial charge in [0, 0.05) is 18.2 Å². The van der Waals surface area contributed by atoms with E-state index in [1.54, 1.807) is 25.7 Å². The maximum atomic E-state index is 14.6. The number of rotatable bonds is 9. The van der Waals surface area contributed by atoms with Crippen molar-refractivity contribution in [2.24, 2.45) is 0 Å². The maximum Gasteiger partial charge on any atom is 0.408 e. The van der Waals surface area contributed by atoms with E-state index in [1.165, 1.54) is 0 Å². The van der Waals surface area contributed by atoms with Crippen LogP contribution in [0.1, 0.15) is 61.9 Å². The molecule has 0 heterocycles. The predicted molar refractivity (Wildman–Crippen MR) is 174 cm³/mol. The number of fused-ring (bicyclic) bond motifs is 1. The van der Waals surface area contributed by atoms with Gasteiger partial charge in [-0.15, -0.1) is 0 Å². The average molecular weight is 592 g/mol. The third-order valence-electron chi connectivity index (χ3n) is 7.73. The van der Waals surface area contributed by atoms with Gasteiger partial charge in [0.05, 0.1) is 0 Å². The summed E-state index contributed by atoms with van der Waals surface area (Å²) in [7, 11) is 0. The molecule has 2 N–H and O–H groups in total. The summed E-state index contributed by atoms with van der Waals surface area (Å²) in [4.78, 5) is 43.7. The number of anilines is 1. The van der Waals surface area contributed by atoms with Crippen LogP contribution < -0.4 is 10.6 Å². The van der Waals surface area contributed by atoms with E-state index in [1.807, 2.05) is 105 Å². The molecular weight excluding hydrogens is 550 g/mol. The molecule has 4 aromatic rings. The maximum absolute atomic E-state index is 14.6. The molecule has 0 aromatic heterocycles. The van der Waals surface area contributed by atoms with Crippen LogP contribution in [-0.4, -0.2) is 40.5 Å². The normalized spacial score (nSPS) is 14.4.